The van der Waals surface area contributed by atoms with Gasteiger partial charge in [-0.3, -0.25) is 9.59 Å². The lowest BCUT2D eigenvalue weighted by Crippen LogP contribution is -2.48. The van der Waals surface area contributed by atoms with E-state index in [1.54, 1.807) is 18.2 Å². The number of rotatable bonds is 3. The third-order valence-electron chi connectivity index (χ3n) is 2.78. The fraction of sp³-hybridized carbons (Fsp3) is 0.333. The number of amides is 2. The molecule has 4 N–H and O–H groups in total. The molecule has 1 aliphatic rings. The second-order valence-electron chi connectivity index (χ2n) is 4.08. The number of primary amides is 1. The lowest BCUT2D eigenvalue weighted by molar-refractivity contribution is -0.120. The molecule has 0 aliphatic carbocycles. The van der Waals surface area contributed by atoms with Gasteiger partial charge in [-0.15, -0.1) is 0 Å². The minimum absolute atomic E-state index is 0.0640. The van der Waals surface area contributed by atoms with E-state index in [1.165, 1.54) is 4.90 Å². The van der Waals surface area contributed by atoms with Crippen LogP contribution < -0.4 is 21.1 Å². The van der Waals surface area contributed by atoms with Crippen LogP contribution in [-0.4, -0.2) is 31.0 Å². The van der Waals surface area contributed by atoms with Crippen LogP contribution in [0, 0.1) is 0 Å². The molecule has 1 unspecified atom stereocenters. The first-order valence-corrected chi connectivity index (χ1v) is 5.66. The van der Waals surface area contributed by atoms with Crippen LogP contribution in [-0.2, 0) is 9.59 Å². The first kappa shape index (κ1) is 12.4. The highest BCUT2D eigenvalue weighted by Crippen LogP contribution is 2.30. The van der Waals surface area contributed by atoms with Crippen LogP contribution in [0.4, 0.5) is 5.69 Å². The lowest BCUT2D eigenvalue weighted by atomic mass is 10.2. The predicted octanol–water partition coefficient (Wildman–Crippen LogP) is -0.385. The number of carbonyl (C=O) groups is 2. The number of benzene rings is 1. The van der Waals surface area contributed by atoms with E-state index in [0.717, 1.165) is 0 Å². The largest absolute Gasteiger partial charge is 0.491 e. The molecule has 1 aromatic rings. The molecule has 1 heterocycles. The van der Waals surface area contributed by atoms with Crippen molar-refractivity contribution < 1.29 is 14.3 Å². The first-order valence-electron chi connectivity index (χ1n) is 5.66. The molecule has 6 heteroatoms. The molecule has 0 spiro atoms. The smallest absolute Gasteiger partial charge is 0.236 e. The number of fused-ring (bicyclic) bond motifs is 1. The van der Waals surface area contributed by atoms with Gasteiger partial charge in [-0.05, 0) is 12.1 Å². The van der Waals surface area contributed by atoms with Gasteiger partial charge in [0.1, 0.15) is 11.8 Å². The molecular formula is C12H15N3O3. The van der Waals surface area contributed by atoms with Crippen LogP contribution in [0.2, 0.25) is 0 Å². The first-order chi connectivity index (χ1) is 8.59. The molecule has 0 radical (unpaired) electrons. The van der Waals surface area contributed by atoms with Crippen LogP contribution >= 0.6 is 0 Å². The Bertz CT molecular complexity index is 475. The molecular weight excluding hydrogens is 234 g/mol. The van der Waals surface area contributed by atoms with Crippen LogP contribution in [0.3, 0.4) is 0 Å². The SMILES string of the molecule is NC(=O)C(N)CN1C(=O)CCOc2ccccc21. The van der Waals surface area contributed by atoms with Crippen molar-refractivity contribution in [3.63, 3.8) is 0 Å². The van der Waals surface area contributed by atoms with Crippen molar-refractivity contribution in [1.82, 2.24) is 0 Å². The summed E-state index contributed by atoms with van der Waals surface area (Å²) in [7, 11) is 0. The van der Waals surface area contributed by atoms with Crippen LogP contribution in [0.5, 0.6) is 5.75 Å². The van der Waals surface area contributed by atoms with Crippen molar-refractivity contribution in [3.8, 4) is 5.75 Å². The zero-order valence-electron chi connectivity index (χ0n) is 9.83. The maximum absolute atomic E-state index is 12.0. The fourth-order valence-corrected chi connectivity index (χ4v) is 1.81. The summed E-state index contributed by atoms with van der Waals surface area (Å²) in [6.07, 6.45) is 0.250. The number of anilines is 1. The zero-order valence-corrected chi connectivity index (χ0v) is 9.83. The molecule has 0 bridgehead atoms. The molecule has 0 fully saturated rings. The van der Waals surface area contributed by atoms with E-state index in [1.807, 2.05) is 6.07 Å². The maximum atomic E-state index is 12.0. The number of hydrogen-bond donors (Lipinski definition) is 2. The van der Waals surface area contributed by atoms with E-state index < -0.39 is 11.9 Å². The van der Waals surface area contributed by atoms with Gasteiger partial charge in [0.25, 0.3) is 0 Å². The summed E-state index contributed by atoms with van der Waals surface area (Å²) in [5.41, 5.74) is 11.4. The summed E-state index contributed by atoms with van der Waals surface area (Å²) < 4.78 is 5.47. The second-order valence-corrected chi connectivity index (χ2v) is 4.08. The minimum atomic E-state index is -0.889. The molecule has 0 saturated carbocycles. The summed E-state index contributed by atoms with van der Waals surface area (Å²) in [6, 6.07) is 6.26. The number of hydrogen-bond acceptors (Lipinski definition) is 4. The normalized spacial score (nSPS) is 16.5. The van der Waals surface area contributed by atoms with Gasteiger partial charge in [-0.2, -0.15) is 0 Å². The van der Waals surface area contributed by atoms with Gasteiger partial charge in [0.05, 0.1) is 25.3 Å². The number of carbonyl (C=O) groups excluding carboxylic acids is 2. The third kappa shape index (κ3) is 2.43. The zero-order chi connectivity index (χ0) is 13.1. The van der Waals surface area contributed by atoms with Crippen molar-refractivity contribution in [2.45, 2.75) is 12.5 Å². The predicted molar refractivity (Wildman–Crippen MR) is 66.1 cm³/mol. The number of nitrogens with zero attached hydrogens (tertiary/aromatic N) is 1. The Morgan fingerprint density at radius 2 is 2.17 bits per heavy atom. The average molecular weight is 249 g/mol. The topological polar surface area (TPSA) is 98.6 Å². The van der Waals surface area contributed by atoms with Crippen LogP contribution in [0.15, 0.2) is 24.3 Å². The van der Waals surface area contributed by atoms with E-state index in [0.29, 0.717) is 18.0 Å². The number of para-hydroxylation sites is 2. The molecule has 6 nitrogen and oxygen atoms in total. The molecule has 96 valence electrons. The molecule has 18 heavy (non-hydrogen) atoms. The summed E-state index contributed by atoms with van der Waals surface area (Å²) >= 11 is 0. The third-order valence-corrected chi connectivity index (χ3v) is 2.78. The molecule has 1 atom stereocenters. The minimum Gasteiger partial charge on any atom is -0.491 e. The number of nitrogens with two attached hydrogens (primary N) is 2. The Morgan fingerprint density at radius 3 is 2.89 bits per heavy atom. The Hall–Kier alpha value is -2.08. The molecule has 1 aliphatic heterocycles. The van der Waals surface area contributed by atoms with E-state index >= 15 is 0 Å². The Balaban J connectivity index is 2.31. The molecule has 1 aromatic carbocycles. The number of ether oxygens (including phenoxy) is 1. The van der Waals surface area contributed by atoms with E-state index in [2.05, 4.69) is 0 Å². The van der Waals surface area contributed by atoms with Gasteiger partial charge in [0.2, 0.25) is 11.8 Å². The van der Waals surface area contributed by atoms with E-state index in [-0.39, 0.29) is 18.9 Å². The standard InChI is InChI=1S/C12H15N3O3/c13-8(12(14)17)7-15-9-3-1-2-4-10(9)18-6-5-11(15)16/h1-4,8H,5-7,13H2,(H2,14,17). The Morgan fingerprint density at radius 1 is 1.44 bits per heavy atom. The Labute approximate surface area is 104 Å². The van der Waals surface area contributed by atoms with Gasteiger partial charge in [-0.1, -0.05) is 12.1 Å². The molecule has 0 saturated heterocycles. The monoisotopic (exact) mass is 249 g/mol. The van der Waals surface area contributed by atoms with Crippen molar-refractivity contribution in [2.24, 2.45) is 11.5 Å². The van der Waals surface area contributed by atoms with Gasteiger partial charge in [0, 0.05) is 0 Å². The summed E-state index contributed by atoms with van der Waals surface area (Å²) in [6.45, 7) is 0.382. The summed E-state index contributed by atoms with van der Waals surface area (Å²) in [5.74, 6) is -0.151. The van der Waals surface area contributed by atoms with Gasteiger partial charge in [-0.25, -0.2) is 0 Å². The second kappa shape index (κ2) is 5.05. The van der Waals surface area contributed by atoms with Crippen molar-refractivity contribution in [2.75, 3.05) is 18.1 Å². The maximum Gasteiger partial charge on any atom is 0.236 e. The Kier molecular flexibility index (Phi) is 3.47. The summed E-state index contributed by atoms with van der Waals surface area (Å²) in [5, 5.41) is 0. The lowest BCUT2D eigenvalue weighted by Gasteiger charge is -2.23. The highest BCUT2D eigenvalue weighted by Gasteiger charge is 2.25. The van der Waals surface area contributed by atoms with E-state index in [9.17, 15) is 9.59 Å². The molecule has 0 aromatic heterocycles. The fourth-order valence-electron chi connectivity index (χ4n) is 1.81. The van der Waals surface area contributed by atoms with Crippen molar-refractivity contribution >= 4 is 17.5 Å². The van der Waals surface area contributed by atoms with E-state index in [4.69, 9.17) is 16.2 Å². The van der Waals surface area contributed by atoms with Crippen LogP contribution in [0.1, 0.15) is 6.42 Å². The van der Waals surface area contributed by atoms with Gasteiger partial charge >= 0.3 is 0 Å². The van der Waals surface area contributed by atoms with Crippen molar-refractivity contribution in [3.05, 3.63) is 24.3 Å². The van der Waals surface area contributed by atoms with Crippen LogP contribution in [0.25, 0.3) is 0 Å². The van der Waals surface area contributed by atoms with Gasteiger partial charge < -0.3 is 21.1 Å². The average Bonchev–Trinajstić information content (AvgIpc) is 2.50. The molecule has 2 amide bonds. The quantitative estimate of drug-likeness (QED) is 0.762. The highest BCUT2D eigenvalue weighted by molar-refractivity contribution is 5.96. The molecule has 2 rings (SSSR count). The van der Waals surface area contributed by atoms with Crippen molar-refractivity contribution in [1.29, 1.82) is 0 Å². The summed E-state index contributed by atoms with van der Waals surface area (Å²) in [4.78, 5) is 24.4. The highest BCUT2D eigenvalue weighted by atomic mass is 16.5. The van der Waals surface area contributed by atoms with Gasteiger partial charge in [0.15, 0.2) is 0 Å².